The predicted molar refractivity (Wildman–Crippen MR) is 80.3 cm³/mol. The molecule has 0 aliphatic heterocycles. The maximum absolute atomic E-state index is 12.5. The van der Waals surface area contributed by atoms with E-state index in [-0.39, 0.29) is 5.78 Å². The highest BCUT2D eigenvalue weighted by atomic mass is 32.1. The third kappa shape index (κ3) is 2.15. The van der Waals surface area contributed by atoms with Crippen molar-refractivity contribution in [3.63, 3.8) is 0 Å². The molecule has 1 aliphatic carbocycles. The van der Waals surface area contributed by atoms with E-state index in [1.807, 2.05) is 12.1 Å². The topological polar surface area (TPSA) is 30.0 Å². The van der Waals surface area contributed by atoms with Crippen LogP contribution in [-0.2, 0) is 10.2 Å². The Hall–Kier alpha value is -1.00. The fourth-order valence-corrected chi connectivity index (χ4v) is 3.13. The first kappa shape index (κ1) is 13.4. The molecule has 1 unspecified atom stereocenters. The van der Waals surface area contributed by atoms with Crippen LogP contribution in [0.25, 0.3) is 0 Å². The van der Waals surface area contributed by atoms with Crippen LogP contribution in [0.1, 0.15) is 38.2 Å². The first-order valence-electron chi connectivity index (χ1n) is 6.08. The van der Waals surface area contributed by atoms with Gasteiger partial charge in [-0.3, -0.25) is 9.78 Å². The molecule has 1 heterocycles. The second-order valence-electron chi connectivity index (χ2n) is 4.66. The van der Waals surface area contributed by atoms with Crippen LogP contribution in [0.5, 0.6) is 0 Å². The molecule has 0 radical (unpaired) electrons. The van der Waals surface area contributed by atoms with Gasteiger partial charge in [0.1, 0.15) is 5.78 Å². The number of pyridine rings is 1. The summed E-state index contributed by atoms with van der Waals surface area (Å²) in [6.45, 7) is 1.80. The van der Waals surface area contributed by atoms with Crippen LogP contribution in [-0.4, -0.2) is 20.5 Å². The Morgan fingerprint density at radius 3 is 2.72 bits per heavy atom. The minimum atomic E-state index is -0.701. The van der Waals surface area contributed by atoms with Crippen LogP contribution in [0.3, 0.4) is 0 Å². The van der Waals surface area contributed by atoms with Crippen LogP contribution in [0.4, 0.5) is 0 Å². The van der Waals surface area contributed by atoms with Crippen LogP contribution >= 0.6 is 24.4 Å². The van der Waals surface area contributed by atoms with Gasteiger partial charge >= 0.3 is 0 Å². The van der Waals surface area contributed by atoms with Gasteiger partial charge in [0.25, 0.3) is 0 Å². The number of hydrogen-bond acceptors (Lipinski definition) is 4. The molecule has 1 aliphatic rings. The number of ketones is 1. The Kier molecular flexibility index (Phi) is 3.97. The summed E-state index contributed by atoms with van der Waals surface area (Å²) in [5.74, 6) is 0.191. The van der Waals surface area contributed by atoms with E-state index in [1.54, 1.807) is 19.3 Å². The van der Waals surface area contributed by atoms with Crippen molar-refractivity contribution in [3.05, 3.63) is 30.1 Å². The molecular weight excluding hydrogens is 262 g/mol. The number of rotatable bonds is 3. The van der Waals surface area contributed by atoms with Crippen molar-refractivity contribution in [1.82, 2.24) is 4.98 Å². The molecule has 0 aromatic carbocycles. The highest BCUT2D eigenvalue weighted by molar-refractivity contribution is 7.89. The second kappa shape index (κ2) is 5.33. The molecule has 1 fully saturated rings. The third-order valence-corrected chi connectivity index (χ3v) is 4.53. The van der Waals surface area contributed by atoms with Gasteiger partial charge in [-0.05, 0) is 31.4 Å². The number of carbonyl (C=O) groups is 1. The van der Waals surface area contributed by atoms with Crippen molar-refractivity contribution in [2.45, 2.75) is 38.0 Å². The number of Topliss-reactive ketones (excluding diaryl/α,β-unsaturated/α-hetero) is 1. The Labute approximate surface area is 118 Å². The fourth-order valence-electron chi connectivity index (χ4n) is 2.62. The van der Waals surface area contributed by atoms with E-state index in [1.165, 1.54) is 0 Å². The Bertz CT molecular complexity index is 498. The fraction of sp³-hybridized carbons (Fsp3) is 0.429. The van der Waals surface area contributed by atoms with Gasteiger partial charge in [-0.15, -0.1) is 0 Å². The molecule has 1 aromatic rings. The van der Waals surface area contributed by atoms with Gasteiger partial charge in [0.05, 0.1) is 5.41 Å². The summed E-state index contributed by atoms with van der Waals surface area (Å²) in [4.78, 5) is 17.9. The van der Waals surface area contributed by atoms with Crippen molar-refractivity contribution in [3.8, 4) is 0 Å². The van der Waals surface area contributed by atoms with Gasteiger partial charge in [-0.2, -0.15) is 0 Å². The zero-order chi connectivity index (χ0) is 13.2. The van der Waals surface area contributed by atoms with E-state index < -0.39 is 5.41 Å². The summed E-state index contributed by atoms with van der Waals surface area (Å²) < 4.78 is 0. The predicted octanol–water partition coefficient (Wildman–Crippen LogP) is 3.22. The van der Waals surface area contributed by atoms with E-state index >= 15 is 0 Å². The molecule has 0 saturated heterocycles. The molecule has 0 amide bonds. The van der Waals surface area contributed by atoms with Crippen molar-refractivity contribution >= 4 is 39.9 Å². The molecular formula is C14H15NOS2. The molecule has 94 valence electrons. The molecule has 0 spiro atoms. The molecule has 2 nitrogen and oxygen atoms in total. The van der Waals surface area contributed by atoms with Crippen molar-refractivity contribution < 1.29 is 4.79 Å². The second-order valence-corrected chi connectivity index (χ2v) is 5.68. The molecule has 4 heteroatoms. The lowest BCUT2D eigenvalue weighted by Gasteiger charge is -2.36. The minimum absolute atomic E-state index is 0.191. The smallest absolute Gasteiger partial charge is 0.148 e. The average molecular weight is 277 g/mol. The Morgan fingerprint density at radius 2 is 2.17 bits per heavy atom. The standard InChI is InChI=1S/C14H15NOS2/c1-10(17)13(18)14(7-3-2-6-12(14)16)11-5-4-8-15-9-11/h4-5,8-9H,2-3,6-7H2,1H3. The molecule has 2 rings (SSSR count). The summed E-state index contributed by atoms with van der Waals surface area (Å²) in [7, 11) is 0. The quantitative estimate of drug-likeness (QED) is 0.794. The largest absolute Gasteiger partial charge is 0.298 e. The molecule has 1 saturated carbocycles. The lowest BCUT2D eigenvalue weighted by Crippen LogP contribution is -2.47. The third-order valence-electron chi connectivity index (χ3n) is 3.54. The van der Waals surface area contributed by atoms with Crippen LogP contribution < -0.4 is 0 Å². The lowest BCUT2D eigenvalue weighted by molar-refractivity contribution is -0.123. The molecule has 18 heavy (non-hydrogen) atoms. The van der Waals surface area contributed by atoms with Crippen molar-refractivity contribution in [2.75, 3.05) is 0 Å². The number of thiocarbonyl (C=S) groups is 2. The first-order chi connectivity index (χ1) is 8.59. The van der Waals surface area contributed by atoms with Gasteiger partial charge < -0.3 is 0 Å². The van der Waals surface area contributed by atoms with Crippen molar-refractivity contribution in [1.29, 1.82) is 0 Å². The highest BCUT2D eigenvalue weighted by Crippen LogP contribution is 2.38. The maximum atomic E-state index is 12.5. The number of carbonyl (C=O) groups excluding carboxylic acids is 1. The zero-order valence-corrected chi connectivity index (χ0v) is 11.9. The SMILES string of the molecule is CC(=S)C(=S)C1(c2cccnc2)CCCCC1=O. The Morgan fingerprint density at radius 1 is 1.39 bits per heavy atom. The van der Waals surface area contributed by atoms with Gasteiger partial charge in [-0.1, -0.05) is 36.9 Å². The van der Waals surface area contributed by atoms with Gasteiger partial charge in [0.15, 0.2) is 0 Å². The van der Waals surface area contributed by atoms with Crippen LogP contribution in [0, 0.1) is 0 Å². The summed E-state index contributed by atoms with van der Waals surface area (Å²) in [5, 5.41) is 0. The van der Waals surface area contributed by atoms with E-state index in [2.05, 4.69) is 4.98 Å². The van der Waals surface area contributed by atoms with Crippen LogP contribution in [0.2, 0.25) is 0 Å². The summed E-state index contributed by atoms with van der Waals surface area (Å²) >= 11 is 10.7. The molecule has 1 aromatic heterocycles. The van der Waals surface area contributed by atoms with Crippen LogP contribution in [0.15, 0.2) is 24.5 Å². The molecule has 0 N–H and O–H groups in total. The molecule has 1 atom stereocenters. The average Bonchev–Trinajstić information content (AvgIpc) is 2.39. The molecule has 0 bridgehead atoms. The summed E-state index contributed by atoms with van der Waals surface area (Å²) in [6.07, 6.45) is 6.73. The Balaban J connectivity index is 2.56. The van der Waals surface area contributed by atoms with E-state index in [0.29, 0.717) is 16.1 Å². The van der Waals surface area contributed by atoms with E-state index in [0.717, 1.165) is 24.8 Å². The first-order valence-corrected chi connectivity index (χ1v) is 6.90. The number of hydrogen-bond donors (Lipinski definition) is 0. The zero-order valence-electron chi connectivity index (χ0n) is 10.3. The number of aromatic nitrogens is 1. The van der Waals surface area contributed by atoms with Crippen molar-refractivity contribution in [2.24, 2.45) is 0 Å². The van der Waals surface area contributed by atoms with Gasteiger partial charge in [0.2, 0.25) is 0 Å². The van der Waals surface area contributed by atoms with Gasteiger partial charge in [-0.25, -0.2) is 0 Å². The van der Waals surface area contributed by atoms with Gasteiger partial charge in [0, 0.05) is 28.5 Å². The summed E-state index contributed by atoms with van der Waals surface area (Å²) in [5.41, 5.74) is 0.192. The van der Waals surface area contributed by atoms with E-state index in [4.69, 9.17) is 24.4 Å². The lowest BCUT2D eigenvalue weighted by atomic mass is 9.66. The van der Waals surface area contributed by atoms with E-state index in [9.17, 15) is 4.79 Å². The monoisotopic (exact) mass is 277 g/mol. The highest BCUT2D eigenvalue weighted by Gasteiger charge is 2.45. The maximum Gasteiger partial charge on any atom is 0.148 e. The summed E-state index contributed by atoms with van der Waals surface area (Å²) in [6, 6.07) is 3.78. The minimum Gasteiger partial charge on any atom is -0.298 e. The normalized spacial score (nSPS) is 23.7. The number of nitrogens with zero attached hydrogens (tertiary/aromatic N) is 1.